The Morgan fingerprint density at radius 1 is 0.423 bits per heavy atom. The summed E-state index contributed by atoms with van der Waals surface area (Å²) in [6, 6.07) is 32.2. The van der Waals surface area contributed by atoms with Crippen LogP contribution in [-0.4, -0.2) is 14.2 Å². The molecule has 0 saturated carbocycles. The first kappa shape index (κ1) is 20.5. The van der Waals surface area contributed by atoms with Crippen LogP contribution in [0.3, 0.4) is 0 Å². The average Bonchev–Trinajstić information content (AvgIpc) is 2.55. The molecular weight excluding hydrogens is 437 g/mol. The van der Waals surface area contributed by atoms with Gasteiger partial charge < -0.3 is 0 Å². The van der Waals surface area contributed by atoms with Crippen LogP contribution in [0.5, 0.6) is 0 Å². The normalized spacial score (nSPS) is 14.0. The molecule has 26 heavy (non-hydrogen) atoms. The summed E-state index contributed by atoms with van der Waals surface area (Å²) in [6.07, 6.45) is 0. The van der Waals surface area contributed by atoms with Crippen molar-refractivity contribution in [1.82, 2.24) is 0 Å². The van der Waals surface area contributed by atoms with Gasteiger partial charge in [-0.1, -0.05) is 54.6 Å². The fourth-order valence-electron chi connectivity index (χ4n) is 2.08. The fourth-order valence-corrected chi connectivity index (χ4v) is 4.18. The zero-order valence-electron chi connectivity index (χ0n) is 13.3. The van der Waals surface area contributed by atoms with Crippen LogP contribution in [0.2, 0.25) is 0 Å². The first-order chi connectivity index (χ1) is 11.9. The Morgan fingerprint density at radius 3 is 0.808 bits per heavy atom. The number of hydrogen-bond acceptors (Lipinski definition) is 0. The monoisotopic (exact) mass is 452 g/mol. The van der Waals surface area contributed by atoms with Gasteiger partial charge in [-0.25, -0.2) is 0 Å². The molecule has 3 aromatic rings. The molecule has 0 fully saturated rings. The Hall–Kier alpha value is -1.85. The van der Waals surface area contributed by atoms with Crippen LogP contribution in [0, 0.1) is 0 Å². The maximum atomic E-state index is 9.91. The summed E-state index contributed by atoms with van der Waals surface area (Å²) in [4.78, 5) is 4.08. The smallest absolute Gasteiger partial charge is 0.0619 e. The molecule has 0 spiro atoms. The second-order valence-electron chi connectivity index (χ2n) is 5.20. The third-order valence-corrected chi connectivity index (χ3v) is 5.17. The van der Waals surface area contributed by atoms with Gasteiger partial charge in [0.05, 0.1) is 10.9 Å². The van der Waals surface area contributed by atoms with Gasteiger partial charge in [0.1, 0.15) is 0 Å². The van der Waals surface area contributed by atoms with E-state index < -0.39 is 14.2 Å². The molecule has 0 bridgehead atoms. The molecule has 0 heterocycles. The van der Waals surface area contributed by atoms with E-state index in [1.165, 1.54) is 14.7 Å². The third kappa shape index (κ3) is 8.49. The van der Waals surface area contributed by atoms with Gasteiger partial charge in [0.2, 0.25) is 0 Å². The number of hydrogen-bond donors (Lipinski definition) is 0. The molecule has 0 aliphatic rings. The van der Waals surface area contributed by atoms with E-state index in [1.54, 1.807) is 0 Å². The molecule has 0 unspecified atom stereocenters. The predicted octanol–water partition coefficient (Wildman–Crippen LogP) is 6.92. The van der Waals surface area contributed by atoms with E-state index in [1.807, 2.05) is 0 Å². The molecule has 0 radical (unpaired) electrons. The minimum atomic E-state index is -11.1. The molecule has 3 aromatic carbocycles. The SMILES string of the molecule is F[As-](F)(F)(F)(F)F.c1ccc([S+](c2ccccc2)c2ccccc2)cc1. The molecule has 0 aromatic heterocycles. The number of halogens is 6. The van der Waals surface area contributed by atoms with Crippen molar-refractivity contribution in [2.45, 2.75) is 14.7 Å². The van der Waals surface area contributed by atoms with Gasteiger partial charge >= 0.3 is 35.0 Å². The Bertz CT molecular complexity index is 716. The third-order valence-electron chi connectivity index (χ3n) is 2.94. The van der Waals surface area contributed by atoms with Crippen molar-refractivity contribution in [2.24, 2.45) is 0 Å². The van der Waals surface area contributed by atoms with Crippen molar-refractivity contribution in [1.29, 1.82) is 0 Å². The summed E-state index contributed by atoms with van der Waals surface area (Å²) >= 11 is -11.1. The van der Waals surface area contributed by atoms with E-state index in [2.05, 4.69) is 91.0 Å². The van der Waals surface area contributed by atoms with E-state index >= 15 is 0 Å². The molecule has 0 amide bonds. The van der Waals surface area contributed by atoms with Crippen LogP contribution in [0.1, 0.15) is 0 Å². The zero-order chi connectivity index (χ0) is 19.3. The summed E-state index contributed by atoms with van der Waals surface area (Å²) in [7, 11) is -0.0146. The van der Waals surface area contributed by atoms with Crippen LogP contribution in [0.15, 0.2) is 106 Å². The van der Waals surface area contributed by atoms with Gasteiger partial charge in [0.15, 0.2) is 14.7 Å². The predicted molar refractivity (Wildman–Crippen MR) is 93.9 cm³/mol. The van der Waals surface area contributed by atoms with Crippen molar-refractivity contribution >= 4 is 25.1 Å². The Morgan fingerprint density at radius 2 is 0.615 bits per heavy atom. The molecule has 140 valence electrons. The first-order valence-electron chi connectivity index (χ1n) is 7.36. The van der Waals surface area contributed by atoms with Crippen molar-refractivity contribution in [3.63, 3.8) is 0 Å². The molecule has 0 aliphatic carbocycles. The molecule has 0 saturated heterocycles. The van der Waals surface area contributed by atoms with E-state index in [-0.39, 0.29) is 10.9 Å². The first-order valence-corrected chi connectivity index (χ1v) is 12.8. The van der Waals surface area contributed by atoms with E-state index in [9.17, 15) is 20.8 Å². The maximum absolute atomic E-state index is 11.1. The minimum Gasteiger partial charge on any atom is -0.0619 e. The topological polar surface area (TPSA) is 0 Å². The van der Waals surface area contributed by atoms with Gasteiger partial charge in [0, 0.05) is 0 Å². The second-order valence-corrected chi connectivity index (χ2v) is 11.3. The van der Waals surface area contributed by atoms with Crippen molar-refractivity contribution in [3.05, 3.63) is 91.0 Å². The van der Waals surface area contributed by atoms with Gasteiger partial charge in [0.25, 0.3) is 0 Å². The van der Waals surface area contributed by atoms with Crippen LogP contribution < -0.4 is 0 Å². The van der Waals surface area contributed by atoms with Gasteiger partial charge in [-0.05, 0) is 36.4 Å². The summed E-state index contributed by atoms with van der Waals surface area (Å²) in [5, 5.41) is 0. The fraction of sp³-hybridized carbons (Fsp3) is 0. The van der Waals surface area contributed by atoms with E-state index in [4.69, 9.17) is 0 Å². The van der Waals surface area contributed by atoms with Crippen LogP contribution in [0.25, 0.3) is 0 Å². The molecule has 0 atom stereocenters. The van der Waals surface area contributed by atoms with E-state index in [0.717, 1.165) is 0 Å². The van der Waals surface area contributed by atoms with Gasteiger partial charge in [-0.15, -0.1) is 0 Å². The average molecular weight is 452 g/mol. The molecule has 0 nitrogen and oxygen atoms in total. The van der Waals surface area contributed by atoms with Crippen LogP contribution in [0.4, 0.5) is 20.8 Å². The Balaban J connectivity index is 0.000000298. The molecular formula is C18H15AsF6S. The van der Waals surface area contributed by atoms with Gasteiger partial charge in [-0.3, -0.25) is 0 Å². The Kier molecular flexibility index (Phi) is 5.54. The molecule has 0 N–H and O–H groups in total. The molecule has 3 rings (SSSR count). The van der Waals surface area contributed by atoms with Gasteiger partial charge in [-0.2, -0.15) is 0 Å². The standard InChI is InChI=1S/C18H15S.AsF6/c1-4-10-16(11-5-1)19(17-12-6-2-7-13-17)18-14-8-3-9-15-18;2-1(3,4,5,6)7/h1-15H;/q+1;-1. The quantitative estimate of drug-likeness (QED) is 0.230. The van der Waals surface area contributed by atoms with Crippen molar-refractivity contribution in [3.8, 4) is 0 Å². The number of benzene rings is 3. The van der Waals surface area contributed by atoms with Crippen molar-refractivity contribution < 1.29 is 20.8 Å². The summed E-state index contributed by atoms with van der Waals surface area (Å²) < 4.78 is 59.4. The molecule has 8 heteroatoms. The second kappa shape index (κ2) is 7.04. The largest absolute Gasteiger partial charge is 0.166 e. The number of rotatable bonds is 3. The van der Waals surface area contributed by atoms with Crippen LogP contribution >= 0.6 is 0 Å². The van der Waals surface area contributed by atoms with E-state index in [0.29, 0.717) is 0 Å². The van der Waals surface area contributed by atoms with Crippen molar-refractivity contribution in [2.75, 3.05) is 0 Å². The summed E-state index contributed by atoms with van der Waals surface area (Å²) in [5.41, 5.74) is 0. The van der Waals surface area contributed by atoms with Crippen LogP contribution in [-0.2, 0) is 10.9 Å². The Labute approximate surface area is 151 Å². The summed E-state index contributed by atoms with van der Waals surface area (Å²) in [5.74, 6) is 0. The molecule has 0 aliphatic heterocycles. The maximum Gasteiger partial charge on any atom is 0.166 e. The minimum absolute atomic E-state index is 0.0146. The summed E-state index contributed by atoms with van der Waals surface area (Å²) in [6.45, 7) is 0. The zero-order valence-corrected chi connectivity index (χ0v) is 16.0.